The molecule has 1 heterocycles. The molecule has 1 aliphatic rings. The van der Waals surface area contributed by atoms with Gasteiger partial charge in [0.2, 0.25) is 0 Å². The standard InChI is InChI=1S/C5H8O2S/c1-3-5(6)7-4(2)8-3/h3-4H,1-2H3/t3-,4-/m1/s1. The predicted octanol–water partition coefficient (Wildman–Crippen LogP) is 1.01. The third kappa shape index (κ3) is 0.968. The van der Waals surface area contributed by atoms with Crippen molar-refractivity contribution in [2.75, 3.05) is 0 Å². The molecule has 2 nitrogen and oxygen atoms in total. The molecule has 0 N–H and O–H groups in total. The van der Waals surface area contributed by atoms with Crippen molar-refractivity contribution in [2.45, 2.75) is 24.5 Å². The molecule has 0 unspecified atom stereocenters. The predicted molar refractivity (Wildman–Crippen MR) is 32.6 cm³/mol. The molecular formula is C5H8O2S. The fraction of sp³-hybridized carbons (Fsp3) is 0.800. The quantitative estimate of drug-likeness (QED) is 0.460. The fourth-order valence-electron chi connectivity index (χ4n) is 0.630. The Labute approximate surface area is 52.6 Å². The normalized spacial score (nSPS) is 37.5. The van der Waals surface area contributed by atoms with Gasteiger partial charge in [0, 0.05) is 0 Å². The summed E-state index contributed by atoms with van der Waals surface area (Å²) in [6.07, 6.45) is 0. The number of cyclic esters (lactones) is 1. The number of ether oxygens (including phenoxy) is 1. The zero-order valence-corrected chi connectivity index (χ0v) is 5.70. The molecule has 1 fully saturated rings. The molecule has 8 heavy (non-hydrogen) atoms. The second-order valence-electron chi connectivity index (χ2n) is 1.78. The van der Waals surface area contributed by atoms with Gasteiger partial charge in [0.1, 0.15) is 10.7 Å². The van der Waals surface area contributed by atoms with E-state index in [0.717, 1.165) is 0 Å². The average Bonchev–Trinajstić information content (AvgIpc) is 1.85. The van der Waals surface area contributed by atoms with Gasteiger partial charge in [-0.05, 0) is 13.8 Å². The topological polar surface area (TPSA) is 26.3 Å². The highest BCUT2D eigenvalue weighted by Crippen LogP contribution is 2.26. The highest BCUT2D eigenvalue weighted by molar-refractivity contribution is 8.01. The minimum atomic E-state index is -0.0810. The average molecular weight is 132 g/mol. The van der Waals surface area contributed by atoms with Crippen molar-refractivity contribution >= 4 is 17.7 Å². The van der Waals surface area contributed by atoms with Crippen LogP contribution >= 0.6 is 11.8 Å². The smallest absolute Gasteiger partial charge is 0.320 e. The lowest BCUT2D eigenvalue weighted by Crippen LogP contribution is -2.06. The Morgan fingerprint density at radius 3 is 2.38 bits per heavy atom. The molecule has 0 amide bonds. The number of hydrogen-bond acceptors (Lipinski definition) is 3. The molecule has 2 atom stereocenters. The van der Waals surface area contributed by atoms with Gasteiger partial charge in [-0.1, -0.05) is 0 Å². The Balaban J connectivity index is 2.51. The van der Waals surface area contributed by atoms with Crippen LogP contribution in [0.15, 0.2) is 0 Å². The zero-order chi connectivity index (χ0) is 6.15. The number of hydrogen-bond donors (Lipinski definition) is 0. The van der Waals surface area contributed by atoms with E-state index in [1.165, 1.54) is 0 Å². The highest BCUT2D eigenvalue weighted by atomic mass is 32.2. The summed E-state index contributed by atoms with van der Waals surface area (Å²) in [5.74, 6) is -0.0810. The summed E-state index contributed by atoms with van der Waals surface area (Å²) in [5, 5.41) is 0.0463. The van der Waals surface area contributed by atoms with E-state index in [1.807, 2.05) is 13.8 Å². The maximum absolute atomic E-state index is 10.5. The van der Waals surface area contributed by atoms with Gasteiger partial charge in [-0.3, -0.25) is 4.79 Å². The lowest BCUT2D eigenvalue weighted by atomic mass is 10.5. The third-order valence-electron chi connectivity index (χ3n) is 1.01. The molecule has 0 aromatic rings. The van der Waals surface area contributed by atoms with Crippen LogP contribution < -0.4 is 0 Å². The molecule has 0 bridgehead atoms. The first-order valence-corrected chi connectivity index (χ1v) is 3.50. The highest BCUT2D eigenvalue weighted by Gasteiger charge is 2.27. The Morgan fingerprint density at radius 2 is 2.25 bits per heavy atom. The van der Waals surface area contributed by atoms with Crippen molar-refractivity contribution in [3.63, 3.8) is 0 Å². The minimum Gasteiger partial charge on any atom is -0.451 e. The lowest BCUT2D eigenvalue weighted by molar-refractivity contribution is -0.141. The van der Waals surface area contributed by atoms with E-state index < -0.39 is 0 Å². The Kier molecular flexibility index (Phi) is 1.47. The van der Waals surface area contributed by atoms with Crippen molar-refractivity contribution < 1.29 is 9.53 Å². The van der Waals surface area contributed by atoms with E-state index >= 15 is 0 Å². The second-order valence-corrected chi connectivity index (χ2v) is 3.43. The zero-order valence-electron chi connectivity index (χ0n) is 4.88. The van der Waals surface area contributed by atoms with Gasteiger partial charge in [0.25, 0.3) is 0 Å². The van der Waals surface area contributed by atoms with Gasteiger partial charge in [-0.2, -0.15) is 0 Å². The van der Waals surface area contributed by atoms with E-state index in [1.54, 1.807) is 11.8 Å². The Bertz CT molecular complexity index is 113. The number of thioether (sulfide) groups is 1. The number of rotatable bonds is 0. The van der Waals surface area contributed by atoms with Gasteiger partial charge in [0.15, 0.2) is 0 Å². The molecule has 46 valence electrons. The largest absolute Gasteiger partial charge is 0.451 e. The van der Waals surface area contributed by atoms with Crippen LogP contribution in [-0.4, -0.2) is 16.7 Å². The summed E-state index contributed by atoms with van der Waals surface area (Å²) in [7, 11) is 0. The van der Waals surface area contributed by atoms with Crippen LogP contribution in [0.2, 0.25) is 0 Å². The molecule has 3 heteroatoms. The van der Waals surface area contributed by atoms with Crippen molar-refractivity contribution in [1.29, 1.82) is 0 Å². The molecule has 1 rings (SSSR count). The summed E-state index contributed by atoms with van der Waals surface area (Å²) >= 11 is 1.56. The van der Waals surface area contributed by atoms with Crippen LogP contribution in [0, 0.1) is 0 Å². The number of carbonyl (C=O) groups excluding carboxylic acids is 1. The van der Waals surface area contributed by atoms with Crippen LogP contribution in [0.5, 0.6) is 0 Å². The monoisotopic (exact) mass is 132 g/mol. The summed E-state index contributed by atoms with van der Waals surface area (Å²) < 4.78 is 4.80. The molecule has 0 aromatic heterocycles. The van der Waals surface area contributed by atoms with Crippen LogP contribution in [-0.2, 0) is 9.53 Å². The van der Waals surface area contributed by atoms with Crippen LogP contribution in [0.25, 0.3) is 0 Å². The maximum Gasteiger partial charge on any atom is 0.320 e. The molecule has 0 aliphatic carbocycles. The van der Waals surface area contributed by atoms with Gasteiger partial charge in [-0.15, -0.1) is 11.8 Å². The van der Waals surface area contributed by atoms with E-state index in [2.05, 4.69) is 0 Å². The first-order valence-electron chi connectivity index (χ1n) is 2.56. The molecule has 1 saturated heterocycles. The van der Waals surface area contributed by atoms with E-state index in [0.29, 0.717) is 0 Å². The molecule has 0 spiro atoms. The van der Waals surface area contributed by atoms with Crippen LogP contribution in [0.1, 0.15) is 13.8 Å². The van der Waals surface area contributed by atoms with Gasteiger partial charge >= 0.3 is 5.97 Å². The van der Waals surface area contributed by atoms with Crippen molar-refractivity contribution in [2.24, 2.45) is 0 Å². The Hall–Kier alpha value is -0.180. The third-order valence-corrected chi connectivity index (χ3v) is 2.09. The first-order chi connectivity index (χ1) is 3.70. The summed E-state index contributed by atoms with van der Waals surface area (Å²) in [4.78, 5) is 10.5. The Morgan fingerprint density at radius 1 is 1.62 bits per heavy atom. The van der Waals surface area contributed by atoms with Crippen molar-refractivity contribution in [1.82, 2.24) is 0 Å². The summed E-state index contributed by atoms with van der Waals surface area (Å²) in [6, 6.07) is 0. The summed E-state index contributed by atoms with van der Waals surface area (Å²) in [6.45, 7) is 3.74. The van der Waals surface area contributed by atoms with E-state index in [4.69, 9.17) is 4.74 Å². The first kappa shape index (κ1) is 5.95. The van der Waals surface area contributed by atoms with Gasteiger partial charge < -0.3 is 4.74 Å². The van der Waals surface area contributed by atoms with Crippen LogP contribution in [0.4, 0.5) is 0 Å². The molecular weight excluding hydrogens is 124 g/mol. The van der Waals surface area contributed by atoms with Crippen molar-refractivity contribution in [3.8, 4) is 0 Å². The summed E-state index contributed by atoms with van der Waals surface area (Å²) in [5.41, 5.74) is 0.0671. The molecule has 0 aromatic carbocycles. The van der Waals surface area contributed by atoms with Gasteiger partial charge in [-0.25, -0.2) is 0 Å². The van der Waals surface area contributed by atoms with Gasteiger partial charge in [0.05, 0.1) is 0 Å². The molecule has 1 aliphatic heterocycles. The number of esters is 1. The van der Waals surface area contributed by atoms with Crippen LogP contribution in [0.3, 0.4) is 0 Å². The minimum absolute atomic E-state index is 0.0463. The van der Waals surface area contributed by atoms with Crippen molar-refractivity contribution in [3.05, 3.63) is 0 Å². The number of carbonyl (C=O) groups is 1. The molecule has 0 radical (unpaired) electrons. The second kappa shape index (κ2) is 1.97. The fourth-order valence-corrected chi connectivity index (χ4v) is 1.52. The van der Waals surface area contributed by atoms with E-state index in [-0.39, 0.29) is 16.7 Å². The lowest BCUT2D eigenvalue weighted by Gasteiger charge is -1.94. The maximum atomic E-state index is 10.5. The van der Waals surface area contributed by atoms with E-state index in [9.17, 15) is 4.79 Å². The molecule has 0 saturated carbocycles. The SMILES string of the molecule is C[C@@H]1OC(=O)[C@@H](C)S1.